The monoisotopic (exact) mass is 228 g/mol. The summed E-state index contributed by atoms with van der Waals surface area (Å²) >= 11 is 0. The summed E-state index contributed by atoms with van der Waals surface area (Å²) < 4.78 is 1.70. The molecular weight excluding hydrogens is 212 g/mol. The zero-order chi connectivity index (χ0) is 12.4. The van der Waals surface area contributed by atoms with E-state index in [4.69, 9.17) is 5.73 Å². The van der Waals surface area contributed by atoms with Gasteiger partial charge in [-0.3, -0.25) is 9.36 Å². The van der Waals surface area contributed by atoms with E-state index in [9.17, 15) is 4.79 Å². The number of rotatable bonds is 2. The molecule has 0 saturated heterocycles. The Balaban J connectivity index is 2.66. The first-order chi connectivity index (χ1) is 8.11. The van der Waals surface area contributed by atoms with Gasteiger partial charge in [0.25, 0.3) is 5.56 Å². The van der Waals surface area contributed by atoms with Crippen LogP contribution in [0.3, 0.4) is 0 Å². The van der Waals surface area contributed by atoms with Crippen LogP contribution in [-0.4, -0.2) is 4.57 Å². The second-order valence-corrected chi connectivity index (χ2v) is 4.14. The summed E-state index contributed by atoms with van der Waals surface area (Å²) in [6.07, 6.45) is 0.772. The van der Waals surface area contributed by atoms with E-state index in [1.165, 1.54) is 11.6 Å². The summed E-state index contributed by atoms with van der Waals surface area (Å²) in [4.78, 5) is 12.0. The Kier molecular flexibility index (Phi) is 3.00. The second-order valence-electron chi connectivity index (χ2n) is 4.14. The van der Waals surface area contributed by atoms with Gasteiger partial charge in [-0.05, 0) is 31.5 Å². The maximum Gasteiger partial charge on any atom is 0.257 e. The van der Waals surface area contributed by atoms with Crippen LogP contribution in [0.25, 0.3) is 5.69 Å². The van der Waals surface area contributed by atoms with Crippen molar-refractivity contribution in [2.24, 2.45) is 0 Å². The number of nitrogens with zero attached hydrogens (tertiary/aromatic N) is 1. The fraction of sp³-hybridized carbons (Fsp3) is 0.214. The molecule has 2 aromatic rings. The number of anilines is 1. The number of aryl methyl sites for hydroxylation is 2. The molecular formula is C14H16N2O. The van der Waals surface area contributed by atoms with Crippen molar-refractivity contribution in [2.45, 2.75) is 20.3 Å². The Morgan fingerprint density at radius 3 is 2.41 bits per heavy atom. The van der Waals surface area contributed by atoms with Gasteiger partial charge < -0.3 is 5.73 Å². The maximum absolute atomic E-state index is 12.0. The number of nitrogens with two attached hydrogens (primary N) is 1. The minimum atomic E-state index is -0.0781. The average molecular weight is 228 g/mol. The van der Waals surface area contributed by atoms with Gasteiger partial charge in [0.1, 0.15) is 0 Å². The van der Waals surface area contributed by atoms with Crippen molar-refractivity contribution in [1.82, 2.24) is 4.57 Å². The average Bonchev–Trinajstić information content (AvgIpc) is 2.30. The van der Waals surface area contributed by atoms with Gasteiger partial charge in [-0.2, -0.15) is 0 Å². The summed E-state index contributed by atoms with van der Waals surface area (Å²) in [6.45, 7) is 4.04. The van der Waals surface area contributed by atoms with Gasteiger partial charge in [-0.15, -0.1) is 0 Å². The van der Waals surface area contributed by atoms with E-state index < -0.39 is 0 Å². The Morgan fingerprint density at radius 1 is 1.18 bits per heavy atom. The van der Waals surface area contributed by atoms with Crippen LogP contribution in [0.4, 0.5) is 5.69 Å². The van der Waals surface area contributed by atoms with E-state index in [0.29, 0.717) is 5.69 Å². The number of benzene rings is 1. The minimum absolute atomic E-state index is 0.0781. The van der Waals surface area contributed by atoms with E-state index in [2.05, 4.69) is 0 Å². The molecule has 0 amide bonds. The van der Waals surface area contributed by atoms with Crippen molar-refractivity contribution in [3.63, 3.8) is 0 Å². The highest BCUT2D eigenvalue weighted by Crippen LogP contribution is 2.12. The number of aromatic nitrogens is 1. The lowest BCUT2D eigenvalue weighted by atomic mass is 10.2. The molecule has 0 radical (unpaired) electrons. The van der Waals surface area contributed by atoms with Crippen LogP contribution in [0, 0.1) is 6.92 Å². The van der Waals surface area contributed by atoms with Crippen LogP contribution >= 0.6 is 0 Å². The van der Waals surface area contributed by atoms with Crippen LogP contribution in [0.5, 0.6) is 0 Å². The fourth-order valence-corrected chi connectivity index (χ4v) is 1.89. The lowest BCUT2D eigenvalue weighted by Crippen LogP contribution is -2.21. The lowest BCUT2D eigenvalue weighted by Gasteiger charge is -2.12. The third kappa shape index (κ3) is 2.23. The van der Waals surface area contributed by atoms with Gasteiger partial charge in [0.05, 0.1) is 0 Å². The predicted molar refractivity (Wildman–Crippen MR) is 70.6 cm³/mol. The fourth-order valence-electron chi connectivity index (χ4n) is 1.89. The number of pyridine rings is 1. The molecule has 3 nitrogen and oxygen atoms in total. The van der Waals surface area contributed by atoms with E-state index >= 15 is 0 Å². The number of hydrogen-bond donors (Lipinski definition) is 1. The normalized spacial score (nSPS) is 10.5. The zero-order valence-corrected chi connectivity index (χ0v) is 10.1. The Labute approximate surface area is 101 Å². The molecule has 2 rings (SSSR count). The van der Waals surface area contributed by atoms with Gasteiger partial charge >= 0.3 is 0 Å². The number of hydrogen-bond acceptors (Lipinski definition) is 2. The first-order valence-corrected chi connectivity index (χ1v) is 5.70. The molecule has 0 spiro atoms. The molecule has 0 bridgehead atoms. The van der Waals surface area contributed by atoms with Crippen LogP contribution in [0.1, 0.15) is 18.2 Å². The van der Waals surface area contributed by atoms with Gasteiger partial charge in [-0.25, -0.2) is 0 Å². The third-order valence-corrected chi connectivity index (χ3v) is 2.79. The second kappa shape index (κ2) is 4.45. The molecule has 0 aliphatic carbocycles. The first-order valence-electron chi connectivity index (χ1n) is 5.70. The van der Waals surface area contributed by atoms with Crippen molar-refractivity contribution in [3.8, 4) is 5.69 Å². The van der Waals surface area contributed by atoms with Crippen molar-refractivity contribution in [1.29, 1.82) is 0 Å². The summed E-state index contributed by atoms with van der Waals surface area (Å²) in [7, 11) is 0. The van der Waals surface area contributed by atoms with Crippen LogP contribution in [0.2, 0.25) is 0 Å². The highest BCUT2D eigenvalue weighted by Gasteiger charge is 2.06. The molecule has 0 fully saturated rings. The SMILES string of the molecule is CCc1cc(N)cc(=O)n1-c1ccc(C)cc1. The van der Waals surface area contributed by atoms with Crippen molar-refractivity contribution >= 4 is 5.69 Å². The molecule has 88 valence electrons. The Hall–Kier alpha value is -2.03. The molecule has 0 unspecified atom stereocenters. The molecule has 1 aromatic carbocycles. The maximum atomic E-state index is 12.0. The van der Waals surface area contributed by atoms with Crippen molar-refractivity contribution in [3.05, 3.63) is 58.0 Å². The zero-order valence-electron chi connectivity index (χ0n) is 10.1. The van der Waals surface area contributed by atoms with Gasteiger partial charge in [-0.1, -0.05) is 24.6 Å². The molecule has 0 saturated carbocycles. The van der Waals surface area contributed by atoms with E-state index in [1.54, 1.807) is 4.57 Å². The van der Waals surface area contributed by atoms with E-state index in [-0.39, 0.29) is 5.56 Å². The number of nitrogen functional groups attached to an aromatic ring is 1. The van der Waals surface area contributed by atoms with E-state index in [1.807, 2.05) is 44.2 Å². The Morgan fingerprint density at radius 2 is 1.82 bits per heavy atom. The topological polar surface area (TPSA) is 48.0 Å². The summed E-state index contributed by atoms with van der Waals surface area (Å²) in [5.74, 6) is 0. The summed E-state index contributed by atoms with van der Waals surface area (Å²) in [6, 6.07) is 11.2. The molecule has 1 aromatic heterocycles. The Bertz CT molecular complexity index is 582. The van der Waals surface area contributed by atoms with Gasteiger partial charge in [0.2, 0.25) is 0 Å². The molecule has 1 heterocycles. The molecule has 0 atom stereocenters. The minimum Gasteiger partial charge on any atom is -0.399 e. The highest BCUT2D eigenvalue weighted by molar-refractivity contribution is 5.43. The summed E-state index contributed by atoms with van der Waals surface area (Å²) in [5, 5.41) is 0. The van der Waals surface area contributed by atoms with Crippen molar-refractivity contribution < 1.29 is 0 Å². The quantitative estimate of drug-likeness (QED) is 0.857. The molecule has 3 heteroatoms. The predicted octanol–water partition coefficient (Wildman–Crippen LogP) is 2.29. The van der Waals surface area contributed by atoms with E-state index in [0.717, 1.165) is 17.8 Å². The van der Waals surface area contributed by atoms with Crippen LogP contribution in [0.15, 0.2) is 41.2 Å². The standard InChI is InChI=1S/C14H16N2O/c1-3-12-8-11(15)9-14(17)16(12)13-6-4-10(2)5-7-13/h4-9H,3,15H2,1-2H3. The first kappa shape index (κ1) is 11.5. The van der Waals surface area contributed by atoms with Crippen LogP contribution < -0.4 is 11.3 Å². The third-order valence-electron chi connectivity index (χ3n) is 2.79. The molecule has 0 aliphatic heterocycles. The van der Waals surface area contributed by atoms with Gasteiger partial charge in [0.15, 0.2) is 0 Å². The smallest absolute Gasteiger partial charge is 0.257 e. The molecule has 0 aliphatic rings. The molecule has 17 heavy (non-hydrogen) atoms. The highest BCUT2D eigenvalue weighted by atomic mass is 16.1. The van der Waals surface area contributed by atoms with Crippen LogP contribution in [-0.2, 0) is 6.42 Å². The van der Waals surface area contributed by atoms with Gasteiger partial charge in [0, 0.05) is 23.1 Å². The van der Waals surface area contributed by atoms with Crippen molar-refractivity contribution in [2.75, 3.05) is 5.73 Å². The summed E-state index contributed by atoms with van der Waals surface area (Å²) in [5.41, 5.74) is 9.13. The molecule has 2 N–H and O–H groups in total. The lowest BCUT2D eigenvalue weighted by molar-refractivity contribution is 0.878. The largest absolute Gasteiger partial charge is 0.399 e.